The molecule has 0 saturated heterocycles. The van der Waals surface area contributed by atoms with Crippen LogP contribution in [0.15, 0.2) is 140 Å². The Balaban J connectivity index is 0.000000516. The van der Waals surface area contributed by atoms with Crippen molar-refractivity contribution in [1.82, 2.24) is 15.0 Å². The summed E-state index contributed by atoms with van der Waals surface area (Å²) in [4.78, 5) is 14.1. The molecule has 3 heterocycles. The molecular formula is C38H32IrN3. The van der Waals surface area contributed by atoms with Gasteiger partial charge in [-0.25, -0.2) is 0 Å². The van der Waals surface area contributed by atoms with Crippen LogP contribution in [0.4, 0.5) is 0 Å². The first-order valence-corrected chi connectivity index (χ1v) is 13.7. The van der Waals surface area contributed by atoms with Crippen molar-refractivity contribution in [2.75, 3.05) is 0 Å². The van der Waals surface area contributed by atoms with Gasteiger partial charge < -0.3 is 4.98 Å². The predicted molar refractivity (Wildman–Crippen MR) is 165 cm³/mol. The van der Waals surface area contributed by atoms with Crippen molar-refractivity contribution in [3.05, 3.63) is 186 Å². The summed E-state index contributed by atoms with van der Waals surface area (Å²) >= 11 is 0. The zero-order chi connectivity index (χ0) is 28.5. The maximum absolute atomic E-state index is 5.26. The number of hydrogen-bond donors (Lipinski definition) is 0. The molecule has 42 heavy (non-hydrogen) atoms. The Hall–Kier alpha value is -4.24. The monoisotopic (exact) mass is 723 g/mol. The number of nitrogens with zero attached hydrogens (tertiary/aromatic N) is 3. The third-order valence-corrected chi connectivity index (χ3v) is 7.34. The van der Waals surface area contributed by atoms with Gasteiger partial charge in [-0.2, -0.15) is 60.7 Å². The molecule has 0 fully saturated rings. The molecule has 3 nitrogen and oxygen atoms in total. The quantitative estimate of drug-likeness (QED) is 0.163. The second-order valence-corrected chi connectivity index (χ2v) is 10.4. The van der Waals surface area contributed by atoms with E-state index < -0.39 is 10.8 Å². The predicted octanol–water partition coefficient (Wildman–Crippen LogP) is 8.30. The van der Waals surface area contributed by atoms with Crippen molar-refractivity contribution in [1.29, 1.82) is 0 Å². The molecule has 0 N–H and O–H groups in total. The van der Waals surface area contributed by atoms with E-state index in [1.54, 1.807) is 12.4 Å². The van der Waals surface area contributed by atoms with Gasteiger partial charge in [-0.05, 0) is 56.8 Å². The van der Waals surface area contributed by atoms with Gasteiger partial charge in [-0.1, -0.05) is 24.3 Å². The summed E-state index contributed by atoms with van der Waals surface area (Å²) in [7, 11) is 0. The molecule has 3 aromatic carbocycles. The van der Waals surface area contributed by atoms with E-state index in [4.69, 9.17) is 9.97 Å². The molecule has 0 bridgehead atoms. The van der Waals surface area contributed by atoms with Gasteiger partial charge >= 0.3 is 20.1 Å². The second kappa shape index (κ2) is 14.1. The molecular weight excluding hydrogens is 691 g/mol. The maximum Gasteiger partial charge on any atom is 3.00 e. The fourth-order valence-corrected chi connectivity index (χ4v) is 4.82. The molecule has 0 amide bonds. The van der Waals surface area contributed by atoms with Crippen molar-refractivity contribution in [3.8, 4) is 11.3 Å². The van der Waals surface area contributed by atoms with E-state index in [9.17, 15) is 0 Å². The SMILES string of the molecule is CC(C)(c1cccc(-c2[c-]cccc2)n1)c1cccc(C(C)(c2[c-]cccc2)c2[c-]cccc2)n1.[Ir+3].c1ccncc1. The van der Waals surface area contributed by atoms with Crippen molar-refractivity contribution in [3.63, 3.8) is 0 Å². The average molecular weight is 723 g/mol. The smallest absolute Gasteiger partial charge is 0.300 e. The Bertz CT molecular complexity index is 1590. The van der Waals surface area contributed by atoms with E-state index in [2.05, 4.69) is 98.6 Å². The maximum atomic E-state index is 5.26. The molecule has 6 rings (SSSR count). The number of hydrogen-bond acceptors (Lipinski definition) is 3. The third kappa shape index (κ3) is 6.79. The molecule has 0 aliphatic carbocycles. The van der Waals surface area contributed by atoms with Gasteiger partial charge in [0.2, 0.25) is 0 Å². The number of aromatic nitrogens is 3. The first kappa shape index (κ1) is 30.7. The molecule has 0 aliphatic rings. The summed E-state index contributed by atoms with van der Waals surface area (Å²) in [5, 5.41) is 0. The van der Waals surface area contributed by atoms with Crippen molar-refractivity contribution in [2.45, 2.75) is 31.6 Å². The Morgan fingerprint density at radius 1 is 0.500 bits per heavy atom. The Kier molecular flexibility index (Phi) is 10.3. The van der Waals surface area contributed by atoms with Crippen LogP contribution in [-0.4, -0.2) is 15.0 Å². The molecule has 0 aliphatic heterocycles. The van der Waals surface area contributed by atoms with Gasteiger partial charge in [0.25, 0.3) is 0 Å². The van der Waals surface area contributed by atoms with Gasteiger partial charge in [-0.3, -0.25) is 9.97 Å². The standard InChI is InChI=1S/C33H27N2.C5H5N.Ir/c1-32(2,29-22-13-21-28(34-29)25-15-7-4-8-16-25)30-23-14-24-31(35-30)33(3,26-17-9-5-10-18-26)27-19-11-6-12-20-27;1-2-4-6-5-3-1;/h4-15,17,19,21-24H,1-3H3;1-5H;/q-3;;+3. The minimum atomic E-state index is -0.497. The van der Waals surface area contributed by atoms with Crippen LogP contribution >= 0.6 is 0 Å². The molecule has 4 heteroatoms. The Labute approximate surface area is 263 Å². The van der Waals surface area contributed by atoms with Gasteiger partial charge in [0.1, 0.15) is 0 Å². The normalized spacial score (nSPS) is 11.0. The first-order chi connectivity index (χ1) is 20.0. The average Bonchev–Trinajstić information content (AvgIpc) is 3.07. The molecule has 0 unspecified atom stereocenters. The fraction of sp³-hybridized carbons (Fsp3) is 0.132. The molecule has 0 radical (unpaired) electrons. The van der Waals surface area contributed by atoms with Crippen LogP contribution in [0.1, 0.15) is 49.0 Å². The van der Waals surface area contributed by atoms with E-state index in [1.807, 2.05) is 72.8 Å². The number of pyridine rings is 3. The van der Waals surface area contributed by atoms with E-state index in [0.29, 0.717) is 0 Å². The molecule has 3 aromatic heterocycles. The second-order valence-electron chi connectivity index (χ2n) is 10.4. The summed E-state index contributed by atoms with van der Waals surface area (Å²) in [6.07, 6.45) is 3.50. The van der Waals surface area contributed by atoms with Crippen molar-refractivity contribution >= 4 is 0 Å². The van der Waals surface area contributed by atoms with Crippen LogP contribution in [0.5, 0.6) is 0 Å². The van der Waals surface area contributed by atoms with Gasteiger partial charge in [0.15, 0.2) is 0 Å². The van der Waals surface area contributed by atoms with Gasteiger partial charge in [0.05, 0.1) is 11.4 Å². The van der Waals surface area contributed by atoms with E-state index in [1.165, 1.54) is 0 Å². The summed E-state index contributed by atoms with van der Waals surface area (Å²) in [6, 6.07) is 52.5. The Morgan fingerprint density at radius 2 is 1.05 bits per heavy atom. The summed E-state index contributed by atoms with van der Waals surface area (Å²) in [5.41, 5.74) is 6.01. The van der Waals surface area contributed by atoms with E-state index in [0.717, 1.165) is 39.5 Å². The van der Waals surface area contributed by atoms with Crippen LogP contribution in [0.25, 0.3) is 11.3 Å². The summed E-state index contributed by atoms with van der Waals surface area (Å²) in [5.74, 6) is 0. The molecule has 0 saturated carbocycles. The topological polar surface area (TPSA) is 38.7 Å². The van der Waals surface area contributed by atoms with Crippen molar-refractivity contribution < 1.29 is 20.1 Å². The minimum Gasteiger partial charge on any atom is -0.300 e. The molecule has 6 aromatic rings. The van der Waals surface area contributed by atoms with Crippen LogP contribution in [-0.2, 0) is 30.9 Å². The number of benzene rings is 3. The zero-order valence-corrected chi connectivity index (χ0v) is 26.3. The largest absolute Gasteiger partial charge is 3.00 e. The Morgan fingerprint density at radius 3 is 1.55 bits per heavy atom. The zero-order valence-electron chi connectivity index (χ0n) is 24.0. The minimum absolute atomic E-state index is 0. The van der Waals surface area contributed by atoms with E-state index in [-0.39, 0.29) is 20.1 Å². The third-order valence-electron chi connectivity index (χ3n) is 7.34. The summed E-state index contributed by atoms with van der Waals surface area (Å²) in [6.45, 7) is 6.56. The molecule has 0 atom stereocenters. The van der Waals surface area contributed by atoms with Crippen LogP contribution < -0.4 is 0 Å². The van der Waals surface area contributed by atoms with Crippen LogP contribution in [0.2, 0.25) is 0 Å². The summed E-state index contributed by atoms with van der Waals surface area (Å²) < 4.78 is 0. The first-order valence-electron chi connectivity index (χ1n) is 13.7. The van der Waals surface area contributed by atoms with E-state index >= 15 is 0 Å². The van der Waals surface area contributed by atoms with Crippen molar-refractivity contribution in [2.24, 2.45) is 0 Å². The molecule has 0 spiro atoms. The van der Waals surface area contributed by atoms with Crippen LogP contribution in [0, 0.1) is 18.2 Å². The number of rotatable bonds is 6. The van der Waals surface area contributed by atoms with Gasteiger partial charge in [0, 0.05) is 28.9 Å². The van der Waals surface area contributed by atoms with Gasteiger partial charge in [-0.15, -0.1) is 47.0 Å². The van der Waals surface area contributed by atoms with Crippen LogP contribution in [0.3, 0.4) is 0 Å². The molecule has 208 valence electrons. The fourth-order valence-electron chi connectivity index (χ4n) is 4.82.